The van der Waals surface area contributed by atoms with Crippen LogP contribution in [-0.4, -0.2) is 12.1 Å². The number of hydrogen-bond donors (Lipinski definition) is 1. The van der Waals surface area contributed by atoms with E-state index in [4.69, 9.17) is 11.6 Å². The van der Waals surface area contributed by atoms with E-state index in [2.05, 4.69) is 33.0 Å². The molecule has 0 aliphatic carbocycles. The molecule has 1 nitrogen and oxygen atoms in total. The standard InChI is InChI=1S/C15H21ClFN/c1-5-11(10-18-15(2,3)4)8-12-6-7-13(17)9-14(12)16/h6-9,18H,5,10H2,1-4H3/b11-8-. The van der Waals surface area contributed by atoms with E-state index < -0.39 is 0 Å². The van der Waals surface area contributed by atoms with Gasteiger partial charge in [0.1, 0.15) is 5.82 Å². The molecule has 0 saturated heterocycles. The predicted octanol–water partition coefficient (Wildman–Crippen LogP) is 4.66. The summed E-state index contributed by atoms with van der Waals surface area (Å²) in [6.07, 6.45) is 2.97. The van der Waals surface area contributed by atoms with E-state index in [1.807, 2.05) is 6.08 Å². The lowest BCUT2D eigenvalue weighted by atomic mass is 10.1. The third-order valence-electron chi connectivity index (χ3n) is 2.62. The number of benzene rings is 1. The van der Waals surface area contributed by atoms with Gasteiger partial charge in [0, 0.05) is 12.1 Å². The molecule has 1 N–H and O–H groups in total. The maximum Gasteiger partial charge on any atom is 0.124 e. The molecule has 0 aliphatic heterocycles. The van der Waals surface area contributed by atoms with Gasteiger partial charge >= 0.3 is 0 Å². The van der Waals surface area contributed by atoms with Crippen molar-refractivity contribution in [1.29, 1.82) is 0 Å². The first-order valence-corrected chi connectivity index (χ1v) is 6.59. The highest BCUT2D eigenvalue weighted by Gasteiger charge is 2.09. The SMILES string of the molecule is CC/C(=C/c1ccc(F)cc1Cl)CNC(C)(C)C. The van der Waals surface area contributed by atoms with Crippen molar-refractivity contribution in [2.24, 2.45) is 0 Å². The van der Waals surface area contributed by atoms with Crippen molar-refractivity contribution in [3.05, 3.63) is 40.2 Å². The van der Waals surface area contributed by atoms with Crippen molar-refractivity contribution in [3.8, 4) is 0 Å². The first-order chi connectivity index (χ1) is 8.31. The van der Waals surface area contributed by atoms with Gasteiger partial charge in [-0.25, -0.2) is 4.39 Å². The van der Waals surface area contributed by atoms with Gasteiger partial charge in [-0.15, -0.1) is 0 Å². The van der Waals surface area contributed by atoms with Gasteiger partial charge < -0.3 is 5.32 Å². The van der Waals surface area contributed by atoms with Gasteiger partial charge in [0.25, 0.3) is 0 Å². The summed E-state index contributed by atoms with van der Waals surface area (Å²) in [6, 6.07) is 4.49. The summed E-state index contributed by atoms with van der Waals surface area (Å²) in [5.74, 6) is -0.303. The van der Waals surface area contributed by atoms with Gasteiger partial charge in [0.15, 0.2) is 0 Å². The molecule has 0 heterocycles. The third kappa shape index (κ3) is 5.19. The maximum atomic E-state index is 13.0. The largest absolute Gasteiger partial charge is 0.308 e. The Morgan fingerprint density at radius 2 is 2.06 bits per heavy atom. The molecular weight excluding hydrogens is 249 g/mol. The molecule has 0 aromatic heterocycles. The van der Waals surface area contributed by atoms with Crippen molar-refractivity contribution >= 4 is 17.7 Å². The molecule has 3 heteroatoms. The second-order valence-corrected chi connectivity index (χ2v) is 5.83. The molecule has 0 aliphatic rings. The molecule has 1 aromatic rings. The van der Waals surface area contributed by atoms with Crippen LogP contribution in [0.2, 0.25) is 5.02 Å². The predicted molar refractivity (Wildman–Crippen MR) is 77.4 cm³/mol. The van der Waals surface area contributed by atoms with E-state index in [9.17, 15) is 4.39 Å². The highest BCUT2D eigenvalue weighted by Crippen LogP contribution is 2.21. The zero-order valence-corrected chi connectivity index (χ0v) is 12.2. The van der Waals surface area contributed by atoms with Crippen LogP contribution in [0.3, 0.4) is 0 Å². The molecule has 0 spiro atoms. The Morgan fingerprint density at radius 1 is 1.39 bits per heavy atom. The van der Waals surface area contributed by atoms with Crippen LogP contribution in [0.5, 0.6) is 0 Å². The number of hydrogen-bond acceptors (Lipinski definition) is 1. The average Bonchev–Trinajstić information content (AvgIpc) is 2.25. The van der Waals surface area contributed by atoms with Gasteiger partial charge in [-0.2, -0.15) is 0 Å². The monoisotopic (exact) mass is 269 g/mol. The van der Waals surface area contributed by atoms with E-state index in [0.29, 0.717) is 5.02 Å². The van der Waals surface area contributed by atoms with E-state index in [1.165, 1.54) is 17.7 Å². The van der Waals surface area contributed by atoms with Crippen molar-refractivity contribution in [3.63, 3.8) is 0 Å². The van der Waals surface area contributed by atoms with Gasteiger partial charge in [-0.1, -0.05) is 36.2 Å². The fraction of sp³-hybridized carbons (Fsp3) is 0.467. The lowest BCUT2D eigenvalue weighted by molar-refractivity contribution is 0.443. The zero-order chi connectivity index (χ0) is 13.8. The highest BCUT2D eigenvalue weighted by atomic mass is 35.5. The molecule has 0 bridgehead atoms. The van der Waals surface area contributed by atoms with E-state index in [0.717, 1.165) is 18.5 Å². The van der Waals surface area contributed by atoms with Gasteiger partial charge in [0.05, 0.1) is 5.02 Å². The Morgan fingerprint density at radius 3 is 2.56 bits per heavy atom. The molecule has 100 valence electrons. The Hall–Kier alpha value is -0.860. The second kappa shape index (κ2) is 6.35. The molecule has 0 atom stereocenters. The van der Waals surface area contributed by atoms with Gasteiger partial charge in [0.2, 0.25) is 0 Å². The minimum atomic E-state index is -0.303. The molecule has 1 aromatic carbocycles. The summed E-state index contributed by atoms with van der Waals surface area (Å²) in [5, 5.41) is 3.89. The van der Waals surface area contributed by atoms with Crippen molar-refractivity contribution in [2.75, 3.05) is 6.54 Å². The second-order valence-electron chi connectivity index (χ2n) is 5.43. The number of rotatable bonds is 4. The number of halogens is 2. The van der Waals surface area contributed by atoms with E-state index in [1.54, 1.807) is 6.07 Å². The van der Waals surface area contributed by atoms with Crippen LogP contribution >= 0.6 is 11.6 Å². The lowest BCUT2D eigenvalue weighted by Crippen LogP contribution is -2.36. The molecule has 0 amide bonds. The van der Waals surface area contributed by atoms with Gasteiger partial charge in [-0.3, -0.25) is 0 Å². The third-order valence-corrected chi connectivity index (χ3v) is 2.95. The zero-order valence-electron chi connectivity index (χ0n) is 11.5. The molecular formula is C15H21ClFN. The molecule has 18 heavy (non-hydrogen) atoms. The van der Waals surface area contributed by atoms with Crippen molar-refractivity contribution < 1.29 is 4.39 Å². The summed E-state index contributed by atoms with van der Waals surface area (Å²) < 4.78 is 13.0. The summed E-state index contributed by atoms with van der Waals surface area (Å²) in [5.41, 5.74) is 2.20. The molecule has 0 unspecified atom stereocenters. The normalized spacial score (nSPS) is 12.9. The minimum absolute atomic E-state index is 0.0842. The fourth-order valence-electron chi connectivity index (χ4n) is 1.50. The van der Waals surface area contributed by atoms with Crippen LogP contribution in [0.4, 0.5) is 4.39 Å². The average molecular weight is 270 g/mol. The fourth-order valence-corrected chi connectivity index (χ4v) is 1.72. The van der Waals surface area contributed by atoms with Crippen LogP contribution in [0.15, 0.2) is 23.8 Å². The Bertz CT molecular complexity index is 433. The maximum absolute atomic E-state index is 13.0. The summed E-state index contributed by atoms with van der Waals surface area (Å²) in [6.45, 7) is 9.31. The van der Waals surface area contributed by atoms with Crippen LogP contribution in [0.25, 0.3) is 6.08 Å². The minimum Gasteiger partial charge on any atom is -0.308 e. The topological polar surface area (TPSA) is 12.0 Å². The Kier molecular flexibility index (Phi) is 5.36. The quantitative estimate of drug-likeness (QED) is 0.838. The molecule has 0 saturated carbocycles. The van der Waals surface area contributed by atoms with Crippen LogP contribution in [0.1, 0.15) is 39.7 Å². The smallest absolute Gasteiger partial charge is 0.124 e. The molecule has 0 fully saturated rings. The van der Waals surface area contributed by atoms with E-state index in [-0.39, 0.29) is 11.4 Å². The summed E-state index contributed by atoms with van der Waals surface area (Å²) in [4.78, 5) is 0. The van der Waals surface area contributed by atoms with E-state index >= 15 is 0 Å². The summed E-state index contributed by atoms with van der Waals surface area (Å²) >= 11 is 6.02. The number of nitrogens with one attached hydrogen (secondary N) is 1. The first kappa shape index (κ1) is 15.2. The molecule has 0 radical (unpaired) electrons. The van der Waals surface area contributed by atoms with Crippen LogP contribution < -0.4 is 5.32 Å². The van der Waals surface area contributed by atoms with Gasteiger partial charge in [-0.05, 0) is 44.9 Å². The molecule has 1 rings (SSSR count). The highest BCUT2D eigenvalue weighted by molar-refractivity contribution is 6.32. The van der Waals surface area contributed by atoms with Crippen molar-refractivity contribution in [2.45, 2.75) is 39.7 Å². The Labute approximate surface area is 114 Å². The Balaban J connectivity index is 2.84. The van der Waals surface area contributed by atoms with Crippen LogP contribution in [0, 0.1) is 5.82 Å². The summed E-state index contributed by atoms with van der Waals surface area (Å²) in [7, 11) is 0. The lowest BCUT2D eigenvalue weighted by Gasteiger charge is -2.21. The van der Waals surface area contributed by atoms with Crippen LogP contribution in [-0.2, 0) is 0 Å². The van der Waals surface area contributed by atoms with Crippen molar-refractivity contribution in [1.82, 2.24) is 5.32 Å². The first-order valence-electron chi connectivity index (χ1n) is 6.21.